The first kappa shape index (κ1) is 20.3. The lowest BCUT2D eigenvalue weighted by Gasteiger charge is -2.55. The molecule has 1 aromatic carbocycles. The van der Waals surface area contributed by atoms with Gasteiger partial charge in [-0.15, -0.1) is 0 Å². The van der Waals surface area contributed by atoms with Crippen molar-refractivity contribution >= 4 is 11.0 Å². The third kappa shape index (κ3) is 3.46. The van der Waals surface area contributed by atoms with Gasteiger partial charge >= 0.3 is 0 Å². The van der Waals surface area contributed by atoms with E-state index in [0.29, 0.717) is 6.04 Å². The molecule has 0 unspecified atom stereocenters. The van der Waals surface area contributed by atoms with Crippen molar-refractivity contribution in [2.75, 3.05) is 0 Å². The first-order valence-electron chi connectivity index (χ1n) is 13.4. The summed E-state index contributed by atoms with van der Waals surface area (Å²) < 4.78 is 7.97. The molecule has 2 saturated heterocycles. The second-order valence-electron chi connectivity index (χ2n) is 11.5. The van der Waals surface area contributed by atoms with Crippen LogP contribution in [0.1, 0.15) is 82.4 Å². The Morgan fingerprint density at radius 3 is 2.27 bits per heavy atom. The summed E-state index contributed by atoms with van der Waals surface area (Å²) in [7, 11) is 0. The summed E-state index contributed by atoms with van der Waals surface area (Å²) in [5.41, 5.74) is 3.19. The summed E-state index contributed by atoms with van der Waals surface area (Å²) in [4.78, 5) is 8.08. The Kier molecular flexibility index (Phi) is 4.89. The molecule has 2 aliphatic heterocycles. The molecule has 174 valence electrons. The minimum atomic E-state index is 0.485. The maximum atomic E-state index is 5.45. The average Bonchev–Trinajstić information content (AvgIpc) is 3.41. The first-order chi connectivity index (χ1) is 16.2. The van der Waals surface area contributed by atoms with Crippen molar-refractivity contribution in [3.05, 3.63) is 36.1 Å². The number of hydrogen-bond donors (Lipinski definition) is 0. The van der Waals surface area contributed by atoms with Gasteiger partial charge in [-0.25, -0.2) is 4.98 Å². The van der Waals surface area contributed by atoms with Crippen molar-refractivity contribution in [2.24, 2.45) is 11.8 Å². The minimum Gasteiger partial charge on any atom is -0.361 e. The van der Waals surface area contributed by atoms with Crippen LogP contribution in [0.5, 0.6) is 0 Å². The molecule has 6 atom stereocenters. The predicted molar refractivity (Wildman–Crippen MR) is 130 cm³/mol. The summed E-state index contributed by atoms with van der Waals surface area (Å²) in [6.45, 7) is 1.96. The fraction of sp³-hybridized carbons (Fsp3) is 0.643. The second kappa shape index (κ2) is 7.97. The van der Waals surface area contributed by atoms with Crippen molar-refractivity contribution in [1.29, 1.82) is 0 Å². The van der Waals surface area contributed by atoms with Gasteiger partial charge in [0.25, 0.3) is 0 Å². The van der Waals surface area contributed by atoms with Crippen molar-refractivity contribution in [1.82, 2.24) is 19.6 Å². The third-order valence-electron chi connectivity index (χ3n) is 9.35. The van der Waals surface area contributed by atoms with Crippen LogP contribution in [0, 0.1) is 18.8 Å². The maximum Gasteiger partial charge on any atom is 0.163 e. The monoisotopic (exact) mass is 444 g/mol. The van der Waals surface area contributed by atoms with Gasteiger partial charge in [0.1, 0.15) is 11.5 Å². The molecule has 0 amide bonds. The molecular weight excluding hydrogens is 408 g/mol. The molecule has 0 radical (unpaired) electrons. The number of aromatic nitrogens is 3. The van der Waals surface area contributed by atoms with Crippen LogP contribution in [-0.2, 0) is 0 Å². The normalized spacial score (nSPS) is 34.6. The van der Waals surface area contributed by atoms with Gasteiger partial charge in [0.05, 0.1) is 11.0 Å². The number of hydrogen-bond acceptors (Lipinski definition) is 4. The second-order valence-corrected chi connectivity index (χ2v) is 11.5. The quantitative estimate of drug-likeness (QED) is 0.461. The van der Waals surface area contributed by atoms with E-state index in [0.717, 1.165) is 52.8 Å². The summed E-state index contributed by atoms with van der Waals surface area (Å²) in [6.07, 6.45) is 15.5. The fourth-order valence-corrected chi connectivity index (χ4v) is 8.20. The standard InChI is InChI=1S/C28H36N4O/c1-18-12-26(30-33-18)28-29-25-10-2-3-11-27(25)32(28)24-16-21-8-5-9-22(17-24)31(21)23-14-19-6-4-7-20(13-19)15-23/h2-3,10-12,19-24H,4-9,13-17H2,1H3/t19-,20+,21-,22+,23+,24+. The van der Waals surface area contributed by atoms with Crippen LogP contribution in [0.3, 0.4) is 0 Å². The van der Waals surface area contributed by atoms with E-state index in [4.69, 9.17) is 9.51 Å². The van der Waals surface area contributed by atoms with E-state index < -0.39 is 0 Å². The molecule has 4 fully saturated rings. The van der Waals surface area contributed by atoms with E-state index in [9.17, 15) is 0 Å². The number of rotatable bonds is 3. The molecular formula is C28H36N4O. The van der Waals surface area contributed by atoms with Gasteiger partial charge in [-0.1, -0.05) is 43.0 Å². The van der Waals surface area contributed by atoms with Crippen molar-refractivity contribution < 1.29 is 4.52 Å². The van der Waals surface area contributed by atoms with Crippen LogP contribution in [0.2, 0.25) is 0 Å². The van der Waals surface area contributed by atoms with Crippen LogP contribution in [0.4, 0.5) is 0 Å². The molecule has 5 heteroatoms. The van der Waals surface area contributed by atoms with Crippen LogP contribution >= 0.6 is 0 Å². The molecule has 3 aromatic rings. The zero-order valence-corrected chi connectivity index (χ0v) is 19.8. The fourth-order valence-electron chi connectivity index (χ4n) is 8.20. The Morgan fingerprint density at radius 2 is 1.55 bits per heavy atom. The number of imidazole rings is 1. The van der Waals surface area contributed by atoms with Gasteiger partial charge in [0.2, 0.25) is 0 Å². The molecule has 33 heavy (non-hydrogen) atoms. The van der Waals surface area contributed by atoms with E-state index in [-0.39, 0.29) is 0 Å². The van der Waals surface area contributed by atoms with E-state index in [1.807, 2.05) is 13.0 Å². The van der Waals surface area contributed by atoms with Crippen molar-refractivity contribution in [2.45, 2.75) is 102 Å². The van der Waals surface area contributed by atoms with Crippen LogP contribution in [0.15, 0.2) is 34.9 Å². The van der Waals surface area contributed by atoms with Gasteiger partial charge in [-0.05, 0) is 75.8 Å². The number of piperidine rings is 2. The van der Waals surface area contributed by atoms with Gasteiger partial charge in [-0.3, -0.25) is 4.90 Å². The molecule has 2 aliphatic carbocycles. The number of nitrogens with zero attached hydrogens (tertiary/aromatic N) is 4. The Labute approximate surface area is 196 Å². The van der Waals surface area contributed by atoms with E-state index >= 15 is 0 Å². The SMILES string of the molecule is Cc1cc(-c2nc3ccccc3n2[C@H]2C[C@H]3CCC[C@@H](C2)N3[C@H]2C[C@@H]3CCC[C@@H](C3)C2)no1. The summed E-state index contributed by atoms with van der Waals surface area (Å²) in [5, 5.41) is 4.36. The van der Waals surface area contributed by atoms with E-state index in [1.54, 1.807) is 0 Å². The van der Waals surface area contributed by atoms with Crippen LogP contribution in [0.25, 0.3) is 22.6 Å². The Morgan fingerprint density at radius 1 is 0.818 bits per heavy atom. The highest BCUT2D eigenvalue weighted by Crippen LogP contribution is 2.48. The van der Waals surface area contributed by atoms with Crippen molar-refractivity contribution in [3.63, 3.8) is 0 Å². The van der Waals surface area contributed by atoms with Gasteiger partial charge in [-0.2, -0.15) is 0 Å². The molecule has 7 rings (SSSR count). The number of aryl methyl sites for hydroxylation is 1. The Balaban J connectivity index is 1.23. The van der Waals surface area contributed by atoms with Gasteiger partial charge in [0, 0.05) is 30.2 Å². The summed E-state index contributed by atoms with van der Waals surface area (Å²) >= 11 is 0. The average molecular weight is 445 g/mol. The third-order valence-corrected chi connectivity index (χ3v) is 9.35. The maximum absolute atomic E-state index is 5.45. The van der Waals surface area contributed by atoms with Crippen LogP contribution < -0.4 is 0 Å². The van der Waals surface area contributed by atoms with Crippen molar-refractivity contribution in [3.8, 4) is 11.5 Å². The number of para-hydroxylation sites is 2. The topological polar surface area (TPSA) is 47.1 Å². The molecule has 4 aliphatic rings. The highest BCUT2D eigenvalue weighted by Gasteiger charge is 2.45. The molecule has 0 N–H and O–H groups in total. The van der Waals surface area contributed by atoms with E-state index in [2.05, 4.69) is 38.9 Å². The lowest BCUT2D eigenvalue weighted by Crippen LogP contribution is -2.58. The Bertz CT molecular complexity index is 1120. The summed E-state index contributed by atoms with van der Waals surface area (Å²) in [5.74, 6) is 3.83. The molecule has 4 bridgehead atoms. The molecule has 2 aromatic heterocycles. The zero-order chi connectivity index (χ0) is 21.9. The van der Waals surface area contributed by atoms with Gasteiger partial charge in [0.15, 0.2) is 5.82 Å². The lowest BCUT2D eigenvalue weighted by atomic mass is 9.68. The zero-order valence-electron chi connectivity index (χ0n) is 19.8. The molecule has 5 nitrogen and oxygen atoms in total. The predicted octanol–water partition coefficient (Wildman–Crippen LogP) is 6.53. The highest BCUT2D eigenvalue weighted by atomic mass is 16.5. The van der Waals surface area contributed by atoms with E-state index in [1.165, 1.54) is 76.1 Å². The minimum absolute atomic E-state index is 0.485. The summed E-state index contributed by atoms with van der Waals surface area (Å²) in [6, 6.07) is 13.4. The lowest BCUT2D eigenvalue weighted by molar-refractivity contribution is -0.0480. The first-order valence-corrected chi connectivity index (χ1v) is 13.4. The molecule has 0 spiro atoms. The largest absolute Gasteiger partial charge is 0.361 e. The number of fused-ring (bicyclic) bond motifs is 5. The molecule has 4 heterocycles. The highest BCUT2D eigenvalue weighted by molar-refractivity contribution is 5.80. The van der Waals surface area contributed by atoms with Crippen LogP contribution in [-0.4, -0.2) is 37.7 Å². The van der Waals surface area contributed by atoms with Gasteiger partial charge < -0.3 is 9.09 Å². The Hall–Kier alpha value is -2.14. The number of benzene rings is 1. The smallest absolute Gasteiger partial charge is 0.163 e. The molecule has 2 saturated carbocycles.